The minimum absolute atomic E-state index is 0.254. The van der Waals surface area contributed by atoms with E-state index >= 15 is 0 Å². The van der Waals surface area contributed by atoms with E-state index in [0.29, 0.717) is 5.65 Å². The van der Waals surface area contributed by atoms with Gasteiger partial charge in [-0.1, -0.05) is 42.0 Å². The second-order valence-electron chi connectivity index (χ2n) is 8.81. The van der Waals surface area contributed by atoms with Gasteiger partial charge in [0.2, 0.25) is 0 Å². The zero-order valence-corrected chi connectivity index (χ0v) is 19.8. The number of hydrogen-bond acceptors (Lipinski definition) is 5. The first-order valence-electron chi connectivity index (χ1n) is 11.2. The fourth-order valence-electron chi connectivity index (χ4n) is 4.32. The molecule has 5 rings (SSSR count). The highest BCUT2D eigenvalue weighted by Crippen LogP contribution is 2.32. The van der Waals surface area contributed by atoms with Gasteiger partial charge in [-0.3, -0.25) is 4.90 Å². The van der Waals surface area contributed by atoms with Crippen LogP contribution >= 0.6 is 0 Å². The summed E-state index contributed by atoms with van der Waals surface area (Å²) in [7, 11) is -1.59. The first-order chi connectivity index (χ1) is 15.9. The Bertz CT molecular complexity index is 1370. The fourth-order valence-corrected chi connectivity index (χ4v) is 5.65. The highest BCUT2D eigenvalue weighted by Gasteiger charge is 2.22. The van der Waals surface area contributed by atoms with Crippen molar-refractivity contribution in [2.75, 3.05) is 33.2 Å². The summed E-state index contributed by atoms with van der Waals surface area (Å²) in [5, 5.41) is 0.819. The van der Waals surface area contributed by atoms with Crippen LogP contribution in [0.1, 0.15) is 11.1 Å². The SMILES string of the molecule is Cc1ccc(S(=O)(=O)n2cc(-c3ccc(CN4CCN(C)CC4)cc3)c3cccnc32)cc1. The summed E-state index contributed by atoms with van der Waals surface area (Å²) >= 11 is 0. The molecule has 33 heavy (non-hydrogen) atoms. The molecule has 1 aliphatic rings. The molecule has 0 spiro atoms. The third-order valence-electron chi connectivity index (χ3n) is 6.38. The number of piperazine rings is 1. The molecule has 0 amide bonds. The molecule has 6 nitrogen and oxygen atoms in total. The Morgan fingerprint density at radius 2 is 1.61 bits per heavy atom. The summed E-state index contributed by atoms with van der Waals surface area (Å²) in [6.45, 7) is 7.22. The number of aryl methyl sites for hydroxylation is 1. The van der Waals surface area contributed by atoms with Crippen LogP contribution < -0.4 is 0 Å². The standard InChI is InChI=1S/C26H28N4O2S/c1-20-5-11-23(12-6-20)33(31,32)30-19-25(24-4-3-13-27-26(24)30)22-9-7-21(8-10-22)18-29-16-14-28(2)15-17-29/h3-13,19H,14-18H2,1-2H3. The molecule has 0 atom stereocenters. The molecule has 0 bridgehead atoms. The van der Waals surface area contributed by atoms with E-state index < -0.39 is 10.0 Å². The van der Waals surface area contributed by atoms with Crippen molar-refractivity contribution < 1.29 is 8.42 Å². The van der Waals surface area contributed by atoms with Crippen molar-refractivity contribution >= 4 is 21.1 Å². The average Bonchev–Trinajstić information content (AvgIpc) is 3.22. The molecule has 4 aromatic rings. The van der Waals surface area contributed by atoms with E-state index in [2.05, 4.69) is 46.1 Å². The van der Waals surface area contributed by atoms with Crippen LogP contribution in [-0.2, 0) is 16.6 Å². The molecule has 1 saturated heterocycles. The summed E-state index contributed by atoms with van der Waals surface area (Å²) in [6, 6.07) is 19.1. The summed E-state index contributed by atoms with van der Waals surface area (Å²) in [5.74, 6) is 0. The maximum Gasteiger partial charge on any atom is 0.269 e. The average molecular weight is 461 g/mol. The molecule has 0 aliphatic carbocycles. The van der Waals surface area contributed by atoms with Gasteiger partial charge in [0.25, 0.3) is 10.0 Å². The fraction of sp³-hybridized carbons (Fsp3) is 0.269. The predicted octanol–water partition coefficient (Wildman–Crippen LogP) is 4.00. The largest absolute Gasteiger partial charge is 0.304 e. The molecule has 1 fully saturated rings. The number of likely N-dealkylation sites (N-methyl/N-ethyl adjacent to an activating group) is 1. The molecule has 2 aromatic heterocycles. The third-order valence-corrected chi connectivity index (χ3v) is 8.04. The molecular weight excluding hydrogens is 432 g/mol. The smallest absolute Gasteiger partial charge is 0.269 e. The second-order valence-corrected chi connectivity index (χ2v) is 10.6. The summed E-state index contributed by atoms with van der Waals surface area (Å²) in [6.07, 6.45) is 3.33. The highest BCUT2D eigenvalue weighted by molar-refractivity contribution is 7.90. The molecule has 0 saturated carbocycles. The van der Waals surface area contributed by atoms with Gasteiger partial charge in [0.15, 0.2) is 5.65 Å². The van der Waals surface area contributed by atoms with Crippen LogP contribution in [0.3, 0.4) is 0 Å². The molecular formula is C26H28N4O2S. The van der Waals surface area contributed by atoms with Gasteiger partial charge in [-0.25, -0.2) is 17.4 Å². The number of aromatic nitrogens is 2. The molecule has 3 heterocycles. The van der Waals surface area contributed by atoms with Crippen LogP contribution in [0.2, 0.25) is 0 Å². The first kappa shape index (κ1) is 21.8. The molecule has 0 unspecified atom stereocenters. The van der Waals surface area contributed by atoms with Crippen LogP contribution in [0.4, 0.5) is 0 Å². The number of hydrogen-bond donors (Lipinski definition) is 0. The van der Waals surface area contributed by atoms with E-state index in [4.69, 9.17) is 0 Å². The number of nitrogens with zero attached hydrogens (tertiary/aromatic N) is 4. The van der Waals surface area contributed by atoms with Gasteiger partial charge in [0.05, 0.1) is 4.90 Å². The Labute approximate surface area is 195 Å². The van der Waals surface area contributed by atoms with Gasteiger partial charge >= 0.3 is 0 Å². The molecule has 7 heteroatoms. The predicted molar refractivity (Wildman–Crippen MR) is 132 cm³/mol. The molecule has 0 N–H and O–H groups in total. The Hall–Kier alpha value is -3.00. The van der Waals surface area contributed by atoms with Crippen LogP contribution in [0.15, 0.2) is 78.0 Å². The Morgan fingerprint density at radius 1 is 0.909 bits per heavy atom. The number of pyridine rings is 1. The van der Waals surface area contributed by atoms with Gasteiger partial charge in [-0.2, -0.15) is 0 Å². The number of benzene rings is 2. The van der Waals surface area contributed by atoms with E-state index in [1.54, 1.807) is 24.5 Å². The highest BCUT2D eigenvalue weighted by atomic mass is 32.2. The van der Waals surface area contributed by atoms with Crippen molar-refractivity contribution in [3.05, 3.63) is 84.2 Å². The van der Waals surface area contributed by atoms with E-state index in [-0.39, 0.29) is 4.90 Å². The summed E-state index contributed by atoms with van der Waals surface area (Å²) in [4.78, 5) is 9.49. The molecule has 170 valence electrons. The monoisotopic (exact) mass is 460 g/mol. The topological polar surface area (TPSA) is 58.4 Å². The first-order valence-corrected chi connectivity index (χ1v) is 12.6. The molecule has 0 radical (unpaired) electrons. The number of rotatable bonds is 5. The minimum Gasteiger partial charge on any atom is -0.304 e. The summed E-state index contributed by atoms with van der Waals surface area (Å²) in [5.41, 5.74) is 4.56. The summed E-state index contributed by atoms with van der Waals surface area (Å²) < 4.78 is 28.1. The molecule has 2 aromatic carbocycles. The minimum atomic E-state index is -3.76. The van der Waals surface area contributed by atoms with Gasteiger partial charge < -0.3 is 4.90 Å². The lowest BCUT2D eigenvalue weighted by Crippen LogP contribution is -2.43. The second kappa shape index (κ2) is 8.74. The van der Waals surface area contributed by atoms with E-state index in [1.165, 1.54) is 9.54 Å². The Balaban J connectivity index is 1.49. The lowest BCUT2D eigenvalue weighted by molar-refractivity contribution is 0.148. The van der Waals surface area contributed by atoms with Gasteiger partial charge in [-0.05, 0) is 49.4 Å². The zero-order valence-electron chi connectivity index (χ0n) is 19.0. The van der Waals surface area contributed by atoms with Crippen molar-refractivity contribution in [1.29, 1.82) is 0 Å². The van der Waals surface area contributed by atoms with E-state index in [9.17, 15) is 8.42 Å². The zero-order chi connectivity index (χ0) is 23.0. The Morgan fingerprint density at radius 3 is 2.30 bits per heavy atom. The molecule has 1 aliphatic heterocycles. The van der Waals surface area contributed by atoms with Crippen LogP contribution in [0.25, 0.3) is 22.2 Å². The van der Waals surface area contributed by atoms with Crippen molar-refractivity contribution in [2.24, 2.45) is 0 Å². The van der Waals surface area contributed by atoms with Crippen LogP contribution in [-0.4, -0.2) is 60.4 Å². The van der Waals surface area contributed by atoms with Gasteiger partial charge in [0.1, 0.15) is 0 Å². The van der Waals surface area contributed by atoms with E-state index in [1.807, 2.05) is 31.2 Å². The van der Waals surface area contributed by atoms with Gasteiger partial charge in [-0.15, -0.1) is 0 Å². The number of fused-ring (bicyclic) bond motifs is 1. The van der Waals surface area contributed by atoms with Crippen molar-refractivity contribution in [2.45, 2.75) is 18.4 Å². The van der Waals surface area contributed by atoms with Crippen molar-refractivity contribution in [1.82, 2.24) is 18.8 Å². The van der Waals surface area contributed by atoms with Gasteiger partial charge in [0, 0.05) is 56.1 Å². The maximum atomic E-state index is 13.4. The maximum absolute atomic E-state index is 13.4. The normalized spacial score (nSPS) is 15.8. The van der Waals surface area contributed by atoms with Crippen LogP contribution in [0, 0.1) is 6.92 Å². The van der Waals surface area contributed by atoms with E-state index in [0.717, 1.165) is 54.8 Å². The van der Waals surface area contributed by atoms with Crippen LogP contribution in [0.5, 0.6) is 0 Å². The third kappa shape index (κ3) is 4.31. The lowest BCUT2D eigenvalue weighted by atomic mass is 10.0. The van der Waals surface area contributed by atoms with Crippen molar-refractivity contribution in [3.63, 3.8) is 0 Å². The van der Waals surface area contributed by atoms with Crippen molar-refractivity contribution in [3.8, 4) is 11.1 Å². The quantitative estimate of drug-likeness (QED) is 0.451. The lowest BCUT2D eigenvalue weighted by Gasteiger charge is -2.32. The Kier molecular flexibility index (Phi) is 5.78.